The summed E-state index contributed by atoms with van der Waals surface area (Å²) in [4.78, 5) is 15.1. The summed E-state index contributed by atoms with van der Waals surface area (Å²) in [5, 5.41) is 3.01. The van der Waals surface area contributed by atoms with E-state index in [9.17, 15) is 9.18 Å². The Kier molecular flexibility index (Phi) is 7.91. The third-order valence-electron chi connectivity index (χ3n) is 4.74. The summed E-state index contributed by atoms with van der Waals surface area (Å²) in [6.45, 7) is 5.84. The van der Waals surface area contributed by atoms with Crippen LogP contribution in [0.1, 0.15) is 35.2 Å². The largest absolute Gasteiger partial charge is 0.493 e. The minimum atomic E-state index is -0.392. The molecule has 1 N–H and O–H groups in total. The normalized spacial score (nSPS) is 17.1. The van der Waals surface area contributed by atoms with Crippen molar-refractivity contribution in [3.05, 3.63) is 35.9 Å². The highest BCUT2D eigenvalue weighted by Crippen LogP contribution is 2.33. The molecule has 5 nitrogen and oxygen atoms in total. The number of nitrogens with one attached hydrogen (secondary N) is 1. The average molecular weight is 363 g/mol. The van der Waals surface area contributed by atoms with E-state index < -0.39 is 6.67 Å². The standard InChI is InChI=1S/C20H29FN2O3/c1-4-10-23-11-6-8-16(23)14-22-20(24)17-12-15(7-5-9-21)13-18(25-2)19(17)26-3/h4,12-13,16H,1,5-11,14H2,2-3H3,(H,22,24)/t16-/m0/s1/i3-1. The van der Waals surface area contributed by atoms with E-state index in [0.717, 1.165) is 31.5 Å². The van der Waals surface area contributed by atoms with Crippen molar-refractivity contribution in [3.63, 3.8) is 0 Å². The van der Waals surface area contributed by atoms with Gasteiger partial charge in [-0.1, -0.05) is 6.08 Å². The molecule has 1 aromatic rings. The van der Waals surface area contributed by atoms with Gasteiger partial charge in [-0.2, -0.15) is 0 Å². The Morgan fingerprint density at radius 2 is 2.23 bits per heavy atom. The number of carbonyl (C=O) groups is 1. The number of likely N-dealkylation sites (tertiary alicyclic amines) is 1. The van der Waals surface area contributed by atoms with Gasteiger partial charge in [0.15, 0.2) is 11.5 Å². The van der Waals surface area contributed by atoms with Crippen molar-refractivity contribution in [2.75, 3.05) is 40.5 Å². The average Bonchev–Trinajstić information content (AvgIpc) is 3.10. The smallest absolute Gasteiger partial charge is 0.255 e. The van der Waals surface area contributed by atoms with Crippen molar-refractivity contribution in [1.29, 1.82) is 0 Å². The highest BCUT2D eigenvalue weighted by atomic mass is 19.1. The van der Waals surface area contributed by atoms with Crippen LogP contribution in [0.3, 0.4) is 0 Å². The van der Waals surface area contributed by atoms with Crippen molar-refractivity contribution >= 4 is 5.91 Å². The Morgan fingerprint density at radius 3 is 2.88 bits per heavy atom. The van der Waals surface area contributed by atoms with E-state index in [4.69, 9.17) is 9.47 Å². The van der Waals surface area contributed by atoms with Crippen molar-refractivity contribution in [2.45, 2.75) is 31.7 Å². The van der Waals surface area contributed by atoms with Gasteiger partial charge in [-0.05, 0) is 49.9 Å². The van der Waals surface area contributed by atoms with Crippen LogP contribution in [0.15, 0.2) is 24.8 Å². The number of aryl methyl sites for hydroxylation is 1. The van der Waals surface area contributed by atoms with E-state index in [1.165, 1.54) is 14.2 Å². The molecule has 1 amide bonds. The van der Waals surface area contributed by atoms with Crippen LogP contribution in [-0.4, -0.2) is 57.4 Å². The first-order chi connectivity index (χ1) is 12.6. The summed E-state index contributed by atoms with van der Waals surface area (Å²) in [6.07, 6.45) is 5.04. The van der Waals surface area contributed by atoms with Crippen molar-refractivity contribution in [3.8, 4) is 11.5 Å². The molecule has 0 bridgehead atoms. The molecule has 1 atom stereocenters. The number of hydrogen-bond donors (Lipinski definition) is 1. The lowest BCUT2D eigenvalue weighted by molar-refractivity contribution is 0.0938. The summed E-state index contributed by atoms with van der Waals surface area (Å²) < 4.78 is 23.3. The Balaban J connectivity index is 2.14. The zero-order valence-electron chi connectivity index (χ0n) is 15.7. The Morgan fingerprint density at radius 1 is 1.42 bits per heavy atom. The van der Waals surface area contributed by atoms with E-state index in [0.29, 0.717) is 42.5 Å². The number of hydrogen-bond acceptors (Lipinski definition) is 4. The van der Waals surface area contributed by atoms with Crippen LogP contribution in [0.4, 0.5) is 4.39 Å². The predicted molar refractivity (Wildman–Crippen MR) is 101 cm³/mol. The van der Waals surface area contributed by atoms with Gasteiger partial charge < -0.3 is 14.8 Å². The number of alkyl halides is 1. The van der Waals surface area contributed by atoms with Crippen molar-refractivity contribution in [1.82, 2.24) is 10.2 Å². The number of ether oxygens (including phenoxy) is 2. The molecule has 1 aliphatic rings. The summed E-state index contributed by atoms with van der Waals surface area (Å²) in [5.74, 6) is 0.694. The Bertz CT molecular complexity index is 621. The molecule has 6 heteroatoms. The molecule has 1 fully saturated rings. The molecular weight excluding hydrogens is 334 g/mol. The molecule has 26 heavy (non-hydrogen) atoms. The summed E-state index contributed by atoms with van der Waals surface area (Å²) in [5.41, 5.74) is 1.29. The Hall–Kier alpha value is -2.08. The number of nitrogens with zero attached hydrogens (tertiary/aromatic N) is 1. The third-order valence-corrected chi connectivity index (χ3v) is 4.74. The summed E-state index contributed by atoms with van der Waals surface area (Å²) >= 11 is 0. The zero-order valence-corrected chi connectivity index (χ0v) is 15.7. The molecule has 144 valence electrons. The van der Waals surface area contributed by atoms with Gasteiger partial charge in [0.1, 0.15) is 0 Å². The van der Waals surface area contributed by atoms with Crippen LogP contribution in [0, 0.1) is 0 Å². The van der Waals surface area contributed by atoms with Crippen LogP contribution in [0.5, 0.6) is 11.5 Å². The molecule has 1 saturated heterocycles. The van der Waals surface area contributed by atoms with Gasteiger partial charge in [-0.3, -0.25) is 14.1 Å². The fourth-order valence-electron chi connectivity index (χ4n) is 3.44. The van der Waals surface area contributed by atoms with E-state index >= 15 is 0 Å². The second kappa shape index (κ2) is 10.2. The molecule has 0 radical (unpaired) electrons. The van der Waals surface area contributed by atoms with Gasteiger partial charge in [-0.25, -0.2) is 0 Å². The van der Waals surface area contributed by atoms with Gasteiger partial charge in [0.25, 0.3) is 5.91 Å². The fraction of sp³-hybridized carbons (Fsp3) is 0.550. The van der Waals surface area contributed by atoms with E-state index in [2.05, 4.69) is 16.8 Å². The molecule has 1 aliphatic heterocycles. The van der Waals surface area contributed by atoms with Crippen LogP contribution in [-0.2, 0) is 6.42 Å². The molecule has 1 heterocycles. The lowest BCUT2D eigenvalue weighted by atomic mass is 10.0. The van der Waals surface area contributed by atoms with Gasteiger partial charge in [-0.15, -0.1) is 6.58 Å². The molecular formula is C20H29FN2O3. The number of amides is 1. The number of halogens is 1. The maximum atomic E-state index is 12.8. The van der Waals surface area contributed by atoms with Gasteiger partial charge >= 0.3 is 0 Å². The minimum absolute atomic E-state index is 0.201. The first-order valence-corrected chi connectivity index (χ1v) is 9.08. The van der Waals surface area contributed by atoms with E-state index in [-0.39, 0.29) is 5.91 Å². The van der Waals surface area contributed by atoms with Gasteiger partial charge in [0, 0.05) is 19.1 Å². The Labute approximate surface area is 155 Å². The number of carbonyl (C=O) groups excluding carboxylic acids is 1. The third kappa shape index (κ3) is 4.97. The molecule has 0 spiro atoms. The van der Waals surface area contributed by atoms with E-state index in [1.807, 2.05) is 6.08 Å². The lowest BCUT2D eigenvalue weighted by Crippen LogP contribution is -2.40. The van der Waals surface area contributed by atoms with Crippen LogP contribution >= 0.6 is 0 Å². The summed E-state index contributed by atoms with van der Waals surface area (Å²) in [6, 6.07) is 3.89. The lowest BCUT2D eigenvalue weighted by Gasteiger charge is -2.23. The SMILES string of the molecule is C=CCN1CCC[C@H]1CNC(=O)c1cc(CCCF)cc(OC)c1O[11CH3]. The van der Waals surface area contributed by atoms with Crippen LogP contribution in [0.25, 0.3) is 0 Å². The maximum Gasteiger partial charge on any atom is 0.255 e. The zero-order chi connectivity index (χ0) is 18.9. The quantitative estimate of drug-likeness (QED) is 0.650. The predicted octanol–water partition coefficient (Wildman–Crippen LogP) is 2.99. The highest BCUT2D eigenvalue weighted by Gasteiger charge is 2.25. The molecule has 2 rings (SSSR count). The van der Waals surface area contributed by atoms with Crippen LogP contribution < -0.4 is 14.8 Å². The van der Waals surface area contributed by atoms with Gasteiger partial charge in [0.2, 0.25) is 0 Å². The topological polar surface area (TPSA) is 50.8 Å². The molecule has 0 aromatic heterocycles. The first kappa shape index (κ1) is 20.2. The number of methoxy groups -OCH3 is 2. The second-order valence-corrected chi connectivity index (χ2v) is 6.46. The van der Waals surface area contributed by atoms with Crippen molar-refractivity contribution < 1.29 is 18.7 Å². The highest BCUT2D eigenvalue weighted by molar-refractivity contribution is 5.98. The molecule has 0 saturated carbocycles. The maximum absolute atomic E-state index is 12.8. The van der Waals surface area contributed by atoms with Crippen molar-refractivity contribution in [2.24, 2.45) is 0 Å². The molecule has 0 unspecified atom stereocenters. The molecule has 1 aromatic carbocycles. The number of benzene rings is 1. The second-order valence-electron chi connectivity index (χ2n) is 6.46. The summed E-state index contributed by atoms with van der Waals surface area (Å²) in [7, 11) is 3.04. The van der Waals surface area contributed by atoms with E-state index in [1.54, 1.807) is 12.1 Å². The first-order valence-electron chi connectivity index (χ1n) is 9.08. The van der Waals surface area contributed by atoms with Gasteiger partial charge in [0.05, 0.1) is 26.5 Å². The fourth-order valence-corrected chi connectivity index (χ4v) is 3.44. The monoisotopic (exact) mass is 363 g/mol. The molecule has 0 aliphatic carbocycles. The number of rotatable bonds is 10. The van der Waals surface area contributed by atoms with Crippen LogP contribution in [0.2, 0.25) is 0 Å². The minimum Gasteiger partial charge on any atom is -0.493 e.